The van der Waals surface area contributed by atoms with E-state index in [0.717, 1.165) is 6.42 Å². The number of hydrogen-bond acceptors (Lipinski definition) is 2. The minimum absolute atomic E-state index is 0.0649. The highest BCUT2D eigenvalue weighted by Gasteiger charge is 2.23. The number of aryl methyl sites for hydroxylation is 1. The van der Waals surface area contributed by atoms with Crippen molar-refractivity contribution in [2.75, 3.05) is 0 Å². The average Bonchev–Trinajstić information content (AvgIpc) is 2.45. The summed E-state index contributed by atoms with van der Waals surface area (Å²) in [6.45, 7) is 1.82. The highest BCUT2D eigenvalue weighted by Crippen LogP contribution is 2.29. The fourth-order valence-electron chi connectivity index (χ4n) is 2.15. The van der Waals surface area contributed by atoms with Gasteiger partial charge in [-0.3, -0.25) is 0 Å². The largest absolute Gasteiger partial charge is 0.243 e. The molecule has 3 nitrogen and oxygen atoms in total. The summed E-state index contributed by atoms with van der Waals surface area (Å²) < 4.78 is 27.5. The lowest BCUT2D eigenvalue weighted by atomic mass is 10.1. The van der Waals surface area contributed by atoms with Crippen LogP contribution in [0.5, 0.6) is 0 Å². The molecule has 6 heteroatoms. The molecule has 0 radical (unpaired) electrons. The van der Waals surface area contributed by atoms with Gasteiger partial charge in [0, 0.05) is 6.04 Å². The fourth-order valence-corrected chi connectivity index (χ4v) is 4.57. The van der Waals surface area contributed by atoms with Crippen LogP contribution in [0.4, 0.5) is 0 Å². The van der Waals surface area contributed by atoms with E-state index >= 15 is 0 Å². The van der Waals surface area contributed by atoms with Gasteiger partial charge in [0.05, 0.1) is 10.0 Å². The van der Waals surface area contributed by atoms with Gasteiger partial charge in [0.2, 0.25) is 10.0 Å². The van der Waals surface area contributed by atoms with Gasteiger partial charge in [0.1, 0.15) is 4.90 Å². The lowest BCUT2D eigenvalue weighted by Crippen LogP contribution is -2.33. The Bertz CT molecular complexity index is 713. The third kappa shape index (κ3) is 4.46. The molecular formula is C16H17Cl2NO2S. The molecule has 0 amide bonds. The van der Waals surface area contributed by atoms with Crippen LogP contribution in [0.2, 0.25) is 10.0 Å². The monoisotopic (exact) mass is 357 g/mol. The molecule has 2 rings (SSSR count). The molecule has 22 heavy (non-hydrogen) atoms. The van der Waals surface area contributed by atoms with Crippen molar-refractivity contribution >= 4 is 33.2 Å². The molecule has 0 heterocycles. The molecule has 0 bridgehead atoms. The van der Waals surface area contributed by atoms with Crippen molar-refractivity contribution in [1.82, 2.24) is 4.72 Å². The third-order valence-electron chi connectivity index (χ3n) is 3.25. The molecule has 0 aromatic heterocycles. The first kappa shape index (κ1) is 17.3. The van der Waals surface area contributed by atoms with E-state index in [0.29, 0.717) is 6.42 Å². The second kappa shape index (κ2) is 7.47. The number of sulfonamides is 1. The maximum atomic E-state index is 12.4. The molecule has 0 aliphatic carbocycles. The zero-order chi connectivity index (χ0) is 16.2. The Hall–Kier alpha value is -1.07. The van der Waals surface area contributed by atoms with Gasteiger partial charge >= 0.3 is 0 Å². The van der Waals surface area contributed by atoms with Crippen molar-refractivity contribution in [3.63, 3.8) is 0 Å². The molecule has 1 atom stereocenters. The van der Waals surface area contributed by atoms with Crippen LogP contribution in [0.3, 0.4) is 0 Å². The number of benzene rings is 2. The summed E-state index contributed by atoms with van der Waals surface area (Å²) in [5, 5.41) is 0.241. The van der Waals surface area contributed by atoms with Crippen molar-refractivity contribution in [3.05, 3.63) is 64.1 Å². The average molecular weight is 358 g/mol. The van der Waals surface area contributed by atoms with E-state index < -0.39 is 10.0 Å². The summed E-state index contributed by atoms with van der Waals surface area (Å²) in [7, 11) is -3.74. The Morgan fingerprint density at radius 3 is 2.18 bits per heavy atom. The molecule has 0 unspecified atom stereocenters. The van der Waals surface area contributed by atoms with Gasteiger partial charge < -0.3 is 0 Å². The van der Waals surface area contributed by atoms with Crippen LogP contribution < -0.4 is 4.72 Å². The van der Waals surface area contributed by atoms with Crippen LogP contribution in [0, 0.1) is 0 Å². The second-order valence-corrected chi connectivity index (χ2v) is 7.56. The Balaban J connectivity index is 2.05. The normalized spacial score (nSPS) is 13.0. The fraction of sp³-hybridized carbons (Fsp3) is 0.250. The Kier molecular flexibility index (Phi) is 5.87. The van der Waals surface area contributed by atoms with Gasteiger partial charge in [-0.15, -0.1) is 0 Å². The zero-order valence-electron chi connectivity index (χ0n) is 12.1. The quantitative estimate of drug-likeness (QED) is 0.837. The van der Waals surface area contributed by atoms with Gasteiger partial charge in [0.15, 0.2) is 0 Å². The van der Waals surface area contributed by atoms with Gasteiger partial charge in [0.25, 0.3) is 0 Å². The molecule has 0 fully saturated rings. The smallest absolute Gasteiger partial charge is 0.208 e. The molecule has 2 aromatic carbocycles. The molecule has 0 aliphatic rings. The van der Waals surface area contributed by atoms with Crippen LogP contribution in [0.1, 0.15) is 18.9 Å². The van der Waals surface area contributed by atoms with Crippen molar-refractivity contribution in [3.8, 4) is 0 Å². The minimum atomic E-state index is -3.74. The van der Waals surface area contributed by atoms with Crippen LogP contribution >= 0.6 is 23.2 Å². The van der Waals surface area contributed by atoms with Crippen molar-refractivity contribution in [2.24, 2.45) is 0 Å². The predicted molar refractivity (Wildman–Crippen MR) is 91.0 cm³/mol. The Labute approximate surface area is 141 Å². The molecule has 0 saturated carbocycles. The predicted octanol–water partition coefficient (Wildman–Crippen LogP) is 4.29. The van der Waals surface area contributed by atoms with Crippen LogP contribution in [0.15, 0.2) is 53.4 Å². The van der Waals surface area contributed by atoms with E-state index in [9.17, 15) is 8.42 Å². The van der Waals surface area contributed by atoms with E-state index in [4.69, 9.17) is 23.2 Å². The highest BCUT2D eigenvalue weighted by atomic mass is 35.5. The van der Waals surface area contributed by atoms with Crippen LogP contribution in [-0.4, -0.2) is 14.5 Å². The van der Waals surface area contributed by atoms with Crippen LogP contribution in [0.25, 0.3) is 0 Å². The molecule has 0 saturated heterocycles. The summed E-state index contributed by atoms with van der Waals surface area (Å²) >= 11 is 11.9. The minimum Gasteiger partial charge on any atom is -0.208 e. The second-order valence-electron chi connectivity index (χ2n) is 5.10. The Morgan fingerprint density at radius 1 is 1.00 bits per heavy atom. The zero-order valence-corrected chi connectivity index (χ0v) is 14.4. The SMILES string of the molecule is C[C@@H](CCc1ccccc1)NS(=O)(=O)c1c(Cl)cccc1Cl. The maximum Gasteiger partial charge on any atom is 0.243 e. The molecule has 0 aliphatic heterocycles. The van der Waals surface area contributed by atoms with E-state index in [1.165, 1.54) is 17.7 Å². The summed E-state index contributed by atoms with van der Waals surface area (Å²) in [5.41, 5.74) is 1.17. The van der Waals surface area contributed by atoms with E-state index in [-0.39, 0.29) is 21.0 Å². The summed E-state index contributed by atoms with van der Waals surface area (Å²) in [4.78, 5) is -0.0649. The molecular weight excluding hydrogens is 341 g/mol. The molecule has 1 N–H and O–H groups in total. The van der Waals surface area contributed by atoms with Crippen molar-refractivity contribution < 1.29 is 8.42 Å². The van der Waals surface area contributed by atoms with E-state index in [2.05, 4.69) is 4.72 Å². The lowest BCUT2D eigenvalue weighted by molar-refractivity contribution is 0.547. The van der Waals surface area contributed by atoms with Gasteiger partial charge in [-0.25, -0.2) is 13.1 Å². The maximum absolute atomic E-state index is 12.4. The molecule has 118 valence electrons. The molecule has 2 aromatic rings. The number of halogens is 2. The lowest BCUT2D eigenvalue weighted by Gasteiger charge is -2.15. The number of hydrogen-bond donors (Lipinski definition) is 1. The first-order valence-corrected chi connectivity index (χ1v) is 9.14. The number of rotatable bonds is 6. The Morgan fingerprint density at radius 2 is 1.59 bits per heavy atom. The van der Waals surface area contributed by atoms with Crippen LogP contribution in [-0.2, 0) is 16.4 Å². The topological polar surface area (TPSA) is 46.2 Å². The summed E-state index contributed by atoms with van der Waals surface area (Å²) in [5.74, 6) is 0. The third-order valence-corrected chi connectivity index (χ3v) is 5.80. The number of nitrogens with one attached hydrogen (secondary N) is 1. The van der Waals surface area contributed by atoms with Gasteiger partial charge in [-0.05, 0) is 37.5 Å². The summed E-state index contributed by atoms with van der Waals surface area (Å²) in [6.07, 6.45) is 1.48. The highest BCUT2D eigenvalue weighted by molar-refractivity contribution is 7.89. The standard InChI is InChI=1S/C16H17Cl2NO2S/c1-12(10-11-13-6-3-2-4-7-13)19-22(20,21)16-14(17)8-5-9-15(16)18/h2-9,12,19H,10-11H2,1H3/t12-/m0/s1. The first-order valence-electron chi connectivity index (χ1n) is 6.90. The van der Waals surface area contributed by atoms with E-state index in [1.54, 1.807) is 6.07 Å². The molecule has 0 spiro atoms. The van der Waals surface area contributed by atoms with Crippen molar-refractivity contribution in [2.45, 2.75) is 30.7 Å². The van der Waals surface area contributed by atoms with Crippen molar-refractivity contribution in [1.29, 1.82) is 0 Å². The van der Waals surface area contributed by atoms with Gasteiger partial charge in [-0.2, -0.15) is 0 Å². The first-order chi connectivity index (χ1) is 10.4. The van der Waals surface area contributed by atoms with E-state index in [1.807, 2.05) is 37.3 Å². The summed E-state index contributed by atoms with van der Waals surface area (Å²) in [6, 6.07) is 14.3. The van der Waals surface area contributed by atoms with Gasteiger partial charge in [-0.1, -0.05) is 59.6 Å².